The highest BCUT2D eigenvalue weighted by molar-refractivity contribution is 7.14. The number of oxime groups is 1. The average molecular weight is 303 g/mol. The monoisotopic (exact) mass is 302 g/mol. The number of likely N-dealkylation sites (tertiary alicyclic amines) is 1. The Hall–Kier alpha value is -0.620. The Kier molecular flexibility index (Phi) is 6.10. The molecular weight excluding hydrogens is 284 g/mol. The van der Waals surface area contributed by atoms with Crippen LogP contribution in [0.15, 0.2) is 22.7 Å². The molecule has 6 heteroatoms. The number of piperidine rings is 1. The summed E-state index contributed by atoms with van der Waals surface area (Å²) in [5.41, 5.74) is 0. The zero-order valence-electron chi connectivity index (χ0n) is 10.8. The Morgan fingerprint density at radius 1 is 1.47 bits per heavy atom. The van der Waals surface area contributed by atoms with Crippen LogP contribution in [-0.4, -0.2) is 47.5 Å². The van der Waals surface area contributed by atoms with Crippen LogP contribution in [0.5, 0.6) is 0 Å². The highest BCUT2D eigenvalue weighted by Crippen LogP contribution is 2.13. The van der Waals surface area contributed by atoms with E-state index in [9.17, 15) is 5.11 Å². The fraction of sp³-hybridized carbons (Fsp3) is 0.615. The predicted molar refractivity (Wildman–Crippen MR) is 79.0 cm³/mol. The van der Waals surface area contributed by atoms with Crippen LogP contribution in [0, 0.1) is 0 Å². The summed E-state index contributed by atoms with van der Waals surface area (Å²) in [5, 5.41) is 15.9. The summed E-state index contributed by atoms with van der Waals surface area (Å²) >= 11 is 7.47. The molecule has 0 saturated carbocycles. The Morgan fingerprint density at radius 2 is 2.26 bits per heavy atom. The van der Waals surface area contributed by atoms with Crippen molar-refractivity contribution in [2.24, 2.45) is 5.16 Å². The van der Waals surface area contributed by atoms with E-state index in [0.29, 0.717) is 11.7 Å². The number of halogens is 1. The van der Waals surface area contributed by atoms with E-state index in [2.05, 4.69) is 10.1 Å². The molecule has 106 valence electrons. The van der Waals surface area contributed by atoms with Crippen LogP contribution in [0.25, 0.3) is 0 Å². The van der Waals surface area contributed by atoms with Gasteiger partial charge in [0.15, 0.2) is 5.17 Å². The van der Waals surface area contributed by atoms with Crippen molar-refractivity contribution in [2.45, 2.75) is 25.4 Å². The first kappa shape index (κ1) is 14.8. The molecule has 19 heavy (non-hydrogen) atoms. The predicted octanol–water partition coefficient (Wildman–Crippen LogP) is 2.51. The molecule has 1 aromatic heterocycles. The molecule has 1 atom stereocenters. The van der Waals surface area contributed by atoms with Gasteiger partial charge in [0.1, 0.15) is 12.7 Å². The van der Waals surface area contributed by atoms with E-state index in [-0.39, 0.29) is 6.61 Å². The molecule has 2 heterocycles. The third kappa shape index (κ3) is 5.10. The number of thiophene rings is 1. The van der Waals surface area contributed by atoms with Crippen LogP contribution in [0.3, 0.4) is 0 Å². The molecule has 1 aromatic rings. The van der Waals surface area contributed by atoms with Crippen molar-refractivity contribution in [3.63, 3.8) is 0 Å². The SMILES string of the molecule is OC(CON=C(Cl)c1cccs1)CN1CCCCC1. The molecule has 1 N–H and O–H groups in total. The van der Waals surface area contributed by atoms with Gasteiger partial charge in [-0.05, 0) is 37.4 Å². The Morgan fingerprint density at radius 3 is 2.95 bits per heavy atom. The smallest absolute Gasteiger partial charge is 0.185 e. The van der Waals surface area contributed by atoms with E-state index < -0.39 is 6.10 Å². The van der Waals surface area contributed by atoms with Crippen molar-refractivity contribution in [2.75, 3.05) is 26.2 Å². The largest absolute Gasteiger partial charge is 0.392 e. The number of β-amino-alcohol motifs (C(OH)–C–C–N with tert-alkyl or cyclic N) is 1. The summed E-state index contributed by atoms with van der Waals surface area (Å²) in [4.78, 5) is 8.24. The van der Waals surface area contributed by atoms with E-state index in [1.807, 2.05) is 17.5 Å². The van der Waals surface area contributed by atoms with Gasteiger partial charge in [0, 0.05) is 6.54 Å². The summed E-state index contributed by atoms with van der Waals surface area (Å²) in [6, 6.07) is 3.78. The lowest BCUT2D eigenvalue weighted by atomic mass is 10.1. The minimum atomic E-state index is -0.519. The van der Waals surface area contributed by atoms with Gasteiger partial charge >= 0.3 is 0 Å². The maximum absolute atomic E-state index is 9.87. The van der Waals surface area contributed by atoms with Gasteiger partial charge in [-0.15, -0.1) is 11.3 Å². The van der Waals surface area contributed by atoms with Gasteiger partial charge < -0.3 is 14.8 Å². The molecule has 0 aromatic carbocycles. The van der Waals surface area contributed by atoms with Gasteiger partial charge in [0.2, 0.25) is 0 Å². The summed E-state index contributed by atoms with van der Waals surface area (Å²) in [7, 11) is 0. The molecule has 1 unspecified atom stereocenters. The number of aliphatic hydroxyl groups is 1. The Bertz CT molecular complexity index is 391. The first-order chi connectivity index (χ1) is 9.25. The Balaban J connectivity index is 1.68. The average Bonchev–Trinajstić information content (AvgIpc) is 2.93. The lowest BCUT2D eigenvalue weighted by Crippen LogP contribution is -2.38. The number of aliphatic hydroxyl groups excluding tert-OH is 1. The zero-order valence-corrected chi connectivity index (χ0v) is 12.4. The molecule has 1 saturated heterocycles. The fourth-order valence-corrected chi connectivity index (χ4v) is 2.95. The van der Waals surface area contributed by atoms with E-state index in [0.717, 1.165) is 18.0 Å². The van der Waals surface area contributed by atoms with Crippen LogP contribution in [-0.2, 0) is 4.84 Å². The molecule has 0 spiro atoms. The minimum Gasteiger partial charge on any atom is -0.392 e. The van der Waals surface area contributed by atoms with Crippen molar-refractivity contribution < 1.29 is 9.94 Å². The van der Waals surface area contributed by atoms with Gasteiger partial charge in [0.05, 0.1) is 4.88 Å². The zero-order chi connectivity index (χ0) is 13.5. The molecule has 0 aliphatic carbocycles. The highest BCUT2D eigenvalue weighted by Gasteiger charge is 2.15. The maximum Gasteiger partial charge on any atom is 0.185 e. The first-order valence-electron chi connectivity index (χ1n) is 6.55. The molecule has 2 rings (SSSR count). The molecule has 0 radical (unpaired) electrons. The Labute approximate surface area is 122 Å². The van der Waals surface area contributed by atoms with E-state index in [1.54, 1.807) is 0 Å². The first-order valence-corrected chi connectivity index (χ1v) is 7.81. The number of hydrogen-bond donors (Lipinski definition) is 1. The minimum absolute atomic E-state index is 0.179. The second kappa shape index (κ2) is 7.85. The van der Waals surface area contributed by atoms with Crippen molar-refractivity contribution in [3.05, 3.63) is 22.4 Å². The van der Waals surface area contributed by atoms with Gasteiger partial charge in [-0.25, -0.2) is 0 Å². The molecule has 0 bridgehead atoms. The second-order valence-electron chi connectivity index (χ2n) is 4.67. The summed E-state index contributed by atoms with van der Waals surface area (Å²) in [5.74, 6) is 0. The van der Waals surface area contributed by atoms with Gasteiger partial charge in [-0.3, -0.25) is 0 Å². The number of nitrogens with zero attached hydrogens (tertiary/aromatic N) is 2. The molecule has 1 aliphatic rings. The van der Waals surface area contributed by atoms with Crippen molar-refractivity contribution >= 4 is 28.1 Å². The molecule has 1 aliphatic heterocycles. The van der Waals surface area contributed by atoms with Crippen LogP contribution in [0.1, 0.15) is 24.1 Å². The van der Waals surface area contributed by atoms with Crippen LogP contribution >= 0.6 is 22.9 Å². The standard InChI is InChI=1S/C13H19ClN2O2S/c14-13(12-5-4-8-19-12)15-18-10-11(17)9-16-6-2-1-3-7-16/h4-5,8,11,17H,1-3,6-7,9-10H2. The molecule has 0 amide bonds. The highest BCUT2D eigenvalue weighted by atomic mass is 35.5. The quantitative estimate of drug-likeness (QED) is 0.649. The lowest BCUT2D eigenvalue weighted by molar-refractivity contribution is 0.0161. The van der Waals surface area contributed by atoms with E-state index in [4.69, 9.17) is 16.4 Å². The topological polar surface area (TPSA) is 45.1 Å². The van der Waals surface area contributed by atoms with Crippen LogP contribution in [0.2, 0.25) is 0 Å². The number of hydrogen-bond acceptors (Lipinski definition) is 5. The molecule has 1 fully saturated rings. The van der Waals surface area contributed by atoms with Gasteiger partial charge in [0.25, 0.3) is 0 Å². The second-order valence-corrected chi connectivity index (χ2v) is 5.98. The molecular formula is C13H19ClN2O2S. The van der Waals surface area contributed by atoms with Crippen LogP contribution in [0.4, 0.5) is 0 Å². The van der Waals surface area contributed by atoms with E-state index in [1.165, 1.54) is 30.6 Å². The van der Waals surface area contributed by atoms with Crippen LogP contribution < -0.4 is 0 Å². The van der Waals surface area contributed by atoms with Crippen molar-refractivity contribution in [3.8, 4) is 0 Å². The lowest BCUT2D eigenvalue weighted by Gasteiger charge is -2.27. The van der Waals surface area contributed by atoms with Crippen molar-refractivity contribution in [1.29, 1.82) is 0 Å². The maximum atomic E-state index is 9.87. The van der Waals surface area contributed by atoms with Gasteiger partial charge in [-0.2, -0.15) is 0 Å². The van der Waals surface area contributed by atoms with E-state index >= 15 is 0 Å². The molecule has 4 nitrogen and oxygen atoms in total. The third-order valence-corrected chi connectivity index (χ3v) is 4.31. The third-order valence-electron chi connectivity index (χ3n) is 3.05. The summed E-state index contributed by atoms with van der Waals surface area (Å²) in [6.45, 7) is 2.96. The van der Waals surface area contributed by atoms with Crippen molar-refractivity contribution in [1.82, 2.24) is 4.90 Å². The summed E-state index contributed by atoms with van der Waals surface area (Å²) in [6.07, 6.45) is 3.21. The number of rotatable bonds is 6. The fourth-order valence-electron chi connectivity index (χ4n) is 2.11. The summed E-state index contributed by atoms with van der Waals surface area (Å²) < 4.78 is 0. The van der Waals surface area contributed by atoms with Gasteiger partial charge in [-0.1, -0.05) is 29.2 Å². The normalized spacial score (nSPS) is 19.4.